The van der Waals surface area contributed by atoms with Crippen LogP contribution in [0.25, 0.3) is 0 Å². The number of nitrogens with one attached hydrogen (secondary N) is 1. The molecule has 2 rings (SSSR count). The van der Waals surface area contributed by atoms with E-state index in [2.05, 4.69) is 12.2 Å². The Morgan fingerprint density at radius 2 is 1.68 bits per heavy atom. The van der Waals surface area contributed by atoms with Gasteiger partial charge in [0, 0.05) is 11.3 Å². The van der Waals surface area contributed by atoms with Crippen LogP contribution in [0.1, 0.15) is 60.2 Å². The van der Waals surface area contributed by atoms with Gasteiger partial charge < -0.3 is 10.1 Å². The fourth-order valence-electron chi connectivity index (χ4n) is 2.48. The second-order valence-electron chi connectivity index (χ2n) is 5.99. The number of carbonyl (C=O) groups is 2. The van der Waals surface area contributed by atoms with E-state index < -0.39 is 0 Å². The summed E-state index contributed by atoms with van der Waals surface area (Å²) >= 11 is 0. The molecule has 0 atom stereocenters. The molecular formula is C21H25NO3. The minimum atomic E-state index is -0.222. The van der Waals surface area contributed by atoms with Gasteiger partial charge in [-0.1, -0.05) is 38.3 Å². The van der Waals surface area contributed by atoms with E-state index in [-0.39, 0.29) is 11.7 Å². The number of benzene rings is 2. The predicted octanol–water partition coefficient (Wildman–Crippen LogP) is 5.10. The number of hydrogen-bond donors (Lipinski definition) is 1. The van der Waals surface area contributed by atoms with Gasteiger partial charge in [0.15, 0.2) is 5.78 Å². The third kappa shape index (κ3) is 5.75. The Hall–Kier alpha value is -2.62. The molecule has 0 radical (unpaired) electrons. The Bertz CT molecular complexity index is 707. The average Bonchev–Trinajstić information content (AvgIpc) is 2.62. The number of hydrogen-bond acceptors (Lipinski definition) is 3. The Balaban J connectivity index is 2.00. The summed E-state index contributed by atoms with van der Waals surface area (Å²) in [6, 6.07) is 14.1. The van der Waals surface area contributed by atoms with Crippen LogP contribution in [-0.4, -0.2) is 18.3 Å². The SMILES string of the molecule is CCCCCCOc1ccccc1C(=O)Nc1ccc(C(C)=O)cc1. The van der Waals surface area contributed by atoms with Gasteiger partial charge in [-0.25, -0.2) is 0 Å². The smallest absolute Gasteiger partial charge is 0.259 e. The molecule has 0 saturated carbocycles. The highest BCUT2D eigenvalue weighted by Gasteiger charge is 2.12. The van der Waals surface area contributed by atoms with Gasteiger partial charge in [-0.15, -0.1) is 0 Å². The lowest BCUT2D eigenvalue weighted by Gasteiger charge is -2.12. The Kier molecular flexibility index (Phi) is 7.20. The van der Waals surface area contributed by atoms with Gasteiger partial charge in [-0.3, -0.25) is 9.59 Å². The standard InChI is InChI=1S/C21H25NO3/c1-3-4-5-8-15-25-20-10-7-6-9-19(20)21(24)22-18-13-11-17(12-14-18)16(2)23/h6-7,9-14H,3-5,8,15H2,1-2H3,(H,22,24). The van der Waals surface area contributed by atoms with E-state index in [1.807, 2.05) is 18.2 Å². The second-order valence-corrected chi connectivity index (χ2v) is 5.99. The molecule has 2 aromatic rings. The molecular weight excluding hydrogens is 314 g/mol. The molecule has 0 fully saturated rings. The van der Waals surface area contributed by atoms with Crippen LogP contribution in [0.4, 0.5) is 5.69 Å². The normalized spacial score (nSPS) is 10.3. The van der Waals surface area contributed by atoms with E-state index in [9.17, 15) is 9.59 Å². The number of ether oxygens (including phenoxy) is 1. The third-order valence-electron chi connectivity index (χ3n) is 3.94. The molecule has 1 amide bonds. The summed E-state index contributed by atoms with van der Waals surface area (Å²) in [7, 11) is 0. The fourth-order valence-corrected chi connectivity index (χ4v) is 2.48. The maximum Gasteiger partial charge on any atom is 0.259 e. The van der Waals surface area contributed by atoms with Crippen molar-refractivity contribution in [2.24, 2.45) is 0 Å². The summed E-state index contributed by atoms with van der Waals surface area (Å²) in [6.45, 7) is 4.29. The third-order valence-corrected chi connectivity index (χ3v) is 3.94. The molecule has 1 N–H and O–H groups in total. The average molecular weight is 339 g/mol. The summed E-state index contributed by atoms with van der Waals surface area (Å²) in [5, 5.41) is 2.85. The largest absolute Gasteiger partial charge is 0.493 e. The van der Waals surface area contributed by atoms with Crippen LogP contribution in [0.3, 0.4) is 0 Å². The van der Waals surface area contributed by atoms with Crippen LogP contribution in [0, 0.1) is 0 Å². The van der Waals surface area contributed by atoms with Crippen LogP contribution < -0.4 is 10.1 Å². The first-order chi connectivity index (χ1) is 12.1. The Morgan fingerprint density at radius 1 is 0.960 bits per heavy atom. The summed E-state index contributed by atoms with van der Waals surface area (Å²) in [5.41, 5.74) is 1.77. The molecule has 4 heteroatoms. The van der Waals surface area contributed by atoms with Crippen molar-refractivity contribution in [1.29, 1.82) is 0 Å². The highest BCUT2D eigenvalue weighted by molar-refractivity contribution is 6.06. The fraction of sp³-hybridized carbons (Fsp3) is 0.333. The molecule has 4 nitrogen and oxygen atoms in total. The van der Waals surface area contributed by atoms with Crippen LogP contribution in [-0.2, 0) is 0 Å². The zero-order chi connectivity index (χ0) is 18.1. The number of rotatable bonds is 9. The molecule has 0 bridgehead atoms. The van der Waals surface area contributed by atoms with Crippen molar-refractivity contribution >= 4 is 17.4 Å². The first kappa shape index (κ1) is 18.7. The monoisotopic (exact) mass is 339 g/mol. The molecule has 2 aromatic carbocycles. The van der Waals surface area contributed by atoms with Crippen LogP contribution in [0.2, 0.25) is 0 Å². The first-order valence-electron chi connectivity index (χ1n) is 8.76. The summed E-state index contributed by atoms with van der Waals surface area (Å²) in [5.74, 6) is 0.372. The minimum absolute atomic E-state index is 0.000282. The van der Waals surface area contributed by atoms with Gasteiger partial charge in [0.05, 0.1) is 12.2 Å². The van der Waals surface area contributed by atoms with Gasteiger partial charge in [0.2, 0.25) is 0 Å². The molecule has 0 aliphatic heterocycles. The molecule has 0 heterocycles. The first-order valence-corrected chi connectivity index (χ1v) is 8.76. The van der Waals surface area contributed by atoms with Crippen LogP contribution >= 0.6 is 0 Å². The number of para-hydroxylation sites is 1. The number of anilines is 1. The molecule has 0 aromatic heterocycles. The lowest BCUT2D eigenvalue weighted by atomic mass is 10.1. The highest BCUT2D eigenvalue weighted by Crippen LogP contribution is 2.20. The van der Waals surface area contributed by atoms with Gasteiger partial charge in [0.1, 0.15) is 5.75 Å². The number of carbonyl (C=O) groups excluding carboxylic acids is 2. The van der Waals surface area contributed by atoms with Crippen molar-refractivity contribution in [2.45, 2.75) is 39.5 Å². The lowest BCUT2D eigenvalue weighted by Crippen LogP contribution is -2.14. The van der Waals surface area contributed by atoms with E-state index in [0.717, 1.165) is 12.8 Å². The predicted molar refractivity (Wildman–Crippen MR) is 100 cm³/mol. The maximum atomic E-state index is 12.5. The second kappa shape index (κ2) is 9.62. The summed E-state index contributed by atoms with van der Waals surface area (Å²) < 4.78 is 5.79. The minimum Gasteiger partial charge on any atom is -0.493 e. The maximum absolute atomic E-state index is 12.5. The van der Waals surface area contributed by atoms with E-state index >= 15 is 0 Å². The Labute approximate surface area is 149 Å². The molecule has 132 valence electrons. The molecule has 0 spiro atoms. The van der Waals surface area contributed by atoms with Crippen molar-refractivity contribution in [3.05, 3.63) is 59.7 Å². The van der Waals surface area contributed by atoms with Crippen molar-refractivity contribution in [1.82, 2.24) is 0 Å². The number of Topliss-reactive ketones (excluding diaryl/α,β-unsaturated/α-hetero) is 1. The van der Waals surface area contributed by atoms with Crippen LogP contribution in [0.5, 0.6) is 5.75 Å². The van der Waals surface area contributed by atoms with Gasteiger partial charge in [-0.2, -0.15) is 0 Å². The quantitative estimate of drug-likeness (QED) is 0.511. The topological polar surface area (TPSA) is 55.4 Å². The molecule has 0 aliphatic carbocycles. The molecule has 0 aliphatic rings. The van der Waals surface area contributed by atoms with E-state index in [0.29, 0.717) is 29.2 Å². The van der Waals surface area contributed by atoms with Crippen LogP contribution in [0.15, 0.2) is 48.5 Å². The van der Waals surface area contributed by atoms with Gasteiger partial charge >= 0.3 is 0 Å². The van der Waals surface area contributed by atoms with Crippen molar-refractivity contribution < 1.29 is 14.3 Å². The zero-order valence-corrected chi connectivity index (χ0v) is 14.9. The summed E-state index contributed by atoms with van der Waals surface area (Å²) in [4.78, 5) is 23.8. The van der Waals surface area contributed by atoms with Crippen molar-refractivity contribution in [2.75, 3.05) is 11.9 Å². The molecule has 0 unspecified atom stereocenters. The van der Waals surface area contributed by atoms with Crippen molar-refractivity contribution in [3.63, 3.8) is 0 Å². The number of unbranched alkanes of at least 4 members (excludes halogenated alkanes) is 3. The van der Waals surface area contributed by atoms with Gasteiger partial charge in [-0.05, 0) is 49.7 Å². The Morgan fingerprint density at radius 3 is 2.36 bits per heavy atom. The molecule has 25 heavy (non-hydrogen) atoms. The zero-order valence-electron chi connectivity index (χ0n) is 14.9. The summed E-state index contributed by atoms with van der Waals surface area (Å²) in [6.07, 6.45) is 4.49. The number of ketones is 1. The lowest BCUT2D eigenvalue weighted by molar-refractivity contribution is 0.101. The number of amides is 1. The highest BCUT2D eigenvalue weighted by atomic mass is 16.5. The van der Waals surface area contributed by atoms with Gasteiger partial charge in [0.25, 0.3) is 5.91 Å². The van der Waals surface area contributed by atoms with Crippen molar-refractivity contribution in [3.8, 4) is 5.75 Å². The van der Waals surface area contributed by atoms with E-state index in [1.54, 1.807) is 30.3 Å². The van der Waals surface area contributed by atoms with E-state index in [1.165, 1.54) is 19.8 Å². The van der Waals surface area contributed by atoms with E-state index in [4.69, 9.17) is 4.74 Å². The molecule has 0 saturated heterocycles.